The standard InChI is InChI=1S/C19H19Br2ClN2/c20-16-8-13(22)7-12-1-2-14-18(9-15(12)16)24-10-17(21)19(14)11-3-5-23-6-4-11/h7-8,10-11,23H,1-6,9H2. The molecule has 2 heterocycles. The highest BCUT2D eigenvalue weighted by atomic mass is 79.9. The summed E-state index contributed by atoms with van der Waals surface area (Å²) >= 11 is 13.7. The van der Waals surface area contributed by atoms with Gasteiger partial charge in [0.1, 0.15) is 0 Å². The van der Waals surface area contributed by atoms with Crippen LogP contribution in [0.4, 0.5) is 0 Å². The largest absolute Gasteiger partial charge is 0.317 e. The van der Waals surface area contributed by atoms with Crippen LogP contribution in [0.15, 0.2) is 27.3 Å². The van der Waals surface area contributed by atoms with Gasteiger partial charge in [-0.15, -0.1) is 0 Å². The van der Waals surface area contributed by atoms with Crippen LogP contribution in [0.25, 0.3) is 0 Å². The third-order valence-corrected chi connectivity index (χ3v) is 6.81. The Balaban J connectivity index is 1.79. The van der Waals surface area contributed by atoms with Gasteiger partial charge in [0.05, 0.1) is 0 Å². The van der Waals surface area contributed by atoms with E-state index in [1.165, 1.54) is 45.3 Å². The molecule has 1 aromatic carbocycles. The van der Waals surface area contributed by atoms with Gasteiger partial charge in [-0.3, -0.25) is 4.98 Å². The summed E-state index contributed by atoms with van der Waals surface area (Å²) in [4.78, 5) is 4.78. The van der Waals surface area contributed by atoms with Crippen molar-refractivity contribution in [1.82, 2.24) is 10.3 Å². The highest BCUT2D eigenvalue weighted by Crippen LogP contribution is 2.39. The summed E-state index contributed by atoms with van der Waals surface area (Å²) in [5, 5.41) is 4.28. The Morgan fingerprint density at radius 2 is 1.83 bits per heavy atom. The molecule has 1 aliphatic heterocycles. The molecular formula is C19H19Br2ClN2. The summed E-state index contributed by atoms with van der Waals surface area (Å²) < 4.78 is 2.28. The Hall–Kier alpha value is -0.420. The summed E-state index contributed by atoms with van der Waals surface area (Å²) in [5.74, 6) is 0.630. The number of fused-ring (bicyclic) bond motifs is 2. The number of nitrogens with zero attached hydrogens (tertiary/aromatic N) is 1. The predicted octanol–water partition coefficient (Wildman–Crippen LogP) is 5.42. The van der Waals surface area contributed by atoms with Crippen LogP contribution in [0.3, 0.4) is 0 Å². The fraction of sp³-hybridized carbons (Fsp3) is 0.421. The molecule has 1 aromatic heterocycles. The van der Waals surface area contributed by atoms with Gasteiger partial charge in [-0.1, -0.05) is 27.5 Å². The van der Waals surface area contributed by atoms with Crippen LogP contribution < -0.4 is 5.32 Å². The molecular weight excluding hydrogens is 451 g/mol. The number of aromatic nitrogens is 1. The van der Waals surface area contributed by atoms with Gasteiger partial charge in [0, 0.05) is 32.3 Å². The van der Waals surface area contributed by atoms with Crippen molar-refractivity contribution in [2.75, 3.05) is 13.1 Å². The number of hydrogen-bond acceptors (Lipinski definition) is 2. The van der Waals surface area contributed by atoms with E-state index >= 15 is 0 Å². The molecule has 1 fully saturated rings. The second-order valence-corrected chi connectivity index (χ2v) is 8.82. The van der Waals surface area contributed by atoms with E-state index in [4.69, 9.17) is 16.6 Å². The topological polar surface area (TPSA) is 24.9 Å². The molecule has 1 N–H and O–H groups in total. The normalized spacial score (nSPS) is 18.0. The number of halogens is 3. The van der Waals surface area contributed by atoms with Gasteiger partial charge in [-0.05, 0) is 95.0 Å². The minimum Gasteiger partial charge on any atom is -0.317 e. The van der Waals surface area contributed by atoms with Crippen molar-refractivity contribution in [2.24, 2.45) is 0 Å². The van der Waals surface area contributed by atoms with Crippen LogP contribution >= 0.6 is 43.5 Å². The molecule has 24 heavy (non-hydrogen) atoms. The molecule has 2 aromatic rings. The second kappa shape index (κ2) is 7.06. The molecule has 0 atom stereocenters. The first-order chi connectivity index (χ1) is 11.6. The molecule has 0 saturated carbocycles. The molecule has 1 aliphatic carbocycles. The fourth-order valence-corrected chi connectivity index (χ4v) is 5.75. The lowest BCUT2D eigenvalue weighted by molar-refractivity contribution is 0.456. The lowest BCUT2D eigenvalue weighted by atomic mass is 9.85. The Bertz CT molecular complexity index is 785. The number of pyridine rings is 1. The highest BCUT2D eigenvalue weighted by molar-refractivity contribution is 9.10. The summed E-state index contributed by atoms with van der Waals surface area (Å²) in [6.07, 6.45) is 7.37. The molecule has 0 radical (unpaired) electrons. The summed E-state index contributed by atoms with van der Waals surface area (Å²) in [5.41, 5.74) is 6.87. The zero-order chi connectivity index (χ0) is 16.7. The van der Waals surface area contributed by atoms with Crippen molar-refractivity contribution in [3.63, 3.8) is 0 Å². The monoisotopic (exact) mass is 468 g/mol. The first-order valence-corrected chi connectivity index (χ1v) is 10.4. The molecule has 0 spiro atoms. The van der Waals surface area contributed by atoms with E-state index in [9.17, 15) is 0 Å². The van der Waals surface area contributed by atoms with E-state index in [2.05, 4.69) is 43.2 Å². The minimum atomic E-state index is 0.630. The van der Waals surface area contributed by atoms with Gasteiger partial charge in [0.15, 0.2) is 0 Å². The van der Waals surface area contributed by atoms with E-state index in [1.807, 2.05) is 12.3 Å². The van der Waals surface area contributed by atoms with Crippen LogP contribution in [0.2, 0.25) is 5.02 Å². The number of hydrogen-bond donors (Lipinski definition) is 1. The van der Waals surface area contributed by atoms with E-state index in [0.717, 1.165) is 41.8 Å². The van der Waals surface area contributed by atoms with Crippen molar-refractivity contribution in [1.29, 1.82) is 0 Å². The third-order valence-electron chi connectivity index (χ3n) is 5.25. The molecule has 2 nitrogen and oxygen atoms in total. The Morgan fingerprint density at radius 1 is 1.04 bits per heavy atom. The van der Waals surface area contributed by atoms with Crippen molar-refractivity contribution >= 4 is 43.5 Å². The van der Waals surface area contributed by atoms with Crippen LogP contribution in [0.5, 0.6) is 0 Å². The van der Waals surface area contributed by atoms with Crippen LogP contribution in [-0.2, 0) is 19.3 Å². The summed E-state index contributed by atoms with van der Waals surface area (Å²) in [7, 11) is 0. The van der Waals surface area contributed by atoms with Gasteiger partial charge >= 0.3 is 0 Å². The zero-order valence-electron chi connectivity index (χ0n) is 13.3. The number of piperidine rings is 1. The molecule has 5 heteroatoms. The van der Waals surface area contributed by atoms with Crippen molar-refractivity contribution in [3.8, 4) is 0 Å². The molecule has 126 valence electrons. The Morgan fingerprint density at radius 3 is 2.62 bits per heavy atom. The maximum atomic E-state index is 6.26. The Kier molecular flexibility index (Phi) is 5.01. The van der Waals surface area contributed by atoms with Crippen molar-refractivity contribution in [3.05, 3.63) is 60.2 Å². The SMILES string of the molecule is Clc1cc(Br)c2c(c1)CCc1c(ncc(Br)c1C1CCNCC1)C2. The average molecular weight is 471 g/mol. The minimum absolute atomic E-state index is 0.630. The molecule has 2 aliphatic rings. The summed E-state index contributed by atoms with van der Waals surface area (Å²) in [6.45, 7) is 2.21. The van der Waals surface area contributed by atoms with Crippen molar-refractivity contribution < 1.29 is 0 Å². The number of rotatable bonds is 1. The number of aryl methyl sites for hydroxylation is 1. The maximum Gasteiger partial charge on any atom is 0.0483 e. The highest BCUT2D eigenvalue weighted by Gasteiger charge is 2.26. The van der Waals surface area contributed by atoms with Gasteiger partial charge in [0.2, 0.25) is 0 Å². The van der Waals surface area contributed by atoms with Gasteiger partial charge in [-0.25, -0.2) is 0 Å². The number of benzene rings is 1. The van der Waals surface area contributed by atoms with Gasteiger partial charge < -0.3 is 5.32 Å². The van der Waals surface area contributed by atoms with Gasteiger partial charge in [0.25, 0.3) is 0 Å². The van der Waals surface area contributed by atoms with Crippen LogP contribution in [-0.4, -0.2) is 18.1 Å². The van der Waals surface area contributed by atoms with E-state index in [0.29, 0.717) is 5.92 Å². The van der Waals surface area contributed by atoms with Crippen molar-refractivity contribution in [2.45, 2.75) is 38.0 Å². The number of nitrogens with one attached hydrogen (secondary N) is 1. The lowest BCUT2D eigenvalue weighted by Crippen LogP contribution is -2.27. The maximum absolute atomic E-state index is 6.26. The average Bonchev–Trinajstić information content (AvgIpc) is 2.75. The molecule has 0 amide bonds. The van der Waals surface area contributed by atoms with Gasteiger partial charge in [-0.2, -0.15) is 0 Å². The lowest BCUT2D eigenvalue weighted by Gasteiger charge is -2.27. The third kappa shape index (κ3) is 3.18. The first-order valence-electron chi connectivity index (χ1n) is 8.47. The smallest absolute Gasteiger partial charge is 0.0483 e. The molecule has 0 bridgehead atoms. The zero-order valence-corrected chi connectivity index (χ0v) is 17.3. The second-order valence-electron chi connectivity index (χ2n) is 6.67. The summed E-state index contributed by atoms with van der Waals surface area (Å²) in [6, 6.07) is 4.12. The fourth-order valence-electron chi connectivity index (χ4n) is 4.07. The molecule has 1 saturated heterocycles. The predicted molar refractivity (Wildman–Crippen MR) is 106 cm³/mol. The molecule has 0 unspecified atom stereocenters. The first kappa shape index (κ1) is 17.0. The Labute approximate surface area is 164 Å². The molecule has 4 rings (SSSR count). The van der Waals surface area contributed by atoms with E-state index in [1.54, 1.807) is 0 Å². The van der Waals surface area contributed by atoms with E-state index in [-0.39, 0.29) is 0 Å². The van der Waals surface area contributed by atoms with E-state index < -0.39 is 0 Å². The van der Waals surface area contributed by atoms with Crippen LogP contribution in [0, 0.1) is 0 Å². The van der Waals surface area contributed by atoms with Crippen LogP contribution in [0.1, 0.15) is 46.7 Å². The quantitative estimate of drug-likeness (QED) is 0.602.